The van der Waals surface area contributed by atoms with Gasteiger partial charge in [-0.15, -0.1) is 0 Å². The normalized spacial score (nSPS) is 17.6. The highest BCUT2D eigenvalue weighted by molar-refractivity contribution is 5.79. The van der Waals surface area contributed by atoms with Gasteiger partial charge in [0.15, 0.2) is 0 Å². The van der Waals surface area contributed by atoms with E-state index in [4.69, 9.17) is 5.73 Å². The second kappa shape index (κ2) is 5.70. The fourth-order valence-electron chi connectivity index (χ4n) is 3.31. The molecule has 24 heavy (non-hydrogen) atoms. The van der Waals surface area contributed by atoms with Crippen LogP contribution < -0.4 is 10.6 Å². The van der Waals surface area contributed by atoms with Gasteiger partial charge in [-0.1, -0.05) is 0 Å². The van der Waals surface area contributed by atoms with Crippen LogP contribution in [-0.4, -0.2) is 16.5 Å². The van der Waals surface area contributed by atoms with Crippen molar-refractivity contribution in [2.75, 3.05) is 17.2 Å². The molecular formula is C18H16F2N4. The Kier molecular flexibility index (Phi) is 3.52. The fraction of sp³-hybridized carbons (Fsp3) is 0.222. The summed E-state index contributed by atoms with van der Waals surface area (Å²) < 4.78 is 27.7. The van der Waals surface area contributed by atoms with E-state index in [-0.39, 0.29) is 11.9 Å². The minimum absolute atomic E-state index is 0.223. The average Bonchev–Trinajstić information content (AvgIpc) is 3.05. The summed E-state index contributed by atoms with van der Waals surface area (Å²) in [4.78, 5) is 10.9. The van der Waals surface area contributed by atoms with E-state index in [1.807, 2.05) is 17.0 Å². The number of benzene rings is 1. The smallest absolute Gasteiger partial charge is 0.129 e. The van der Waals surface area contributed by atoms with Crippen LogP contribution in [0, 0.1) is 11.6 Å². The molecule has 1 aliphatic rings. The summed E-state index contributed by atoms with van der Waals surface area (Å²) >= 11 is 0. The molecule has 0 aliphatic carbocycles. The first kappa shape index (κ1) is 14.8. The number of halogens is 2. The van der Waals surface area contributed by atoms with Crippen molar-refractivity contribution in [2.24, 2.45) is 0 Å². The van der Waals surface area contributed by atoms with Crippen LogP contribution in [0.3, 0.4) is 0 Å². The summed E-state index contributed by atoms with van der Waals surface area (Å²) in [7, 11) is 0. The number of aromatic nitrogens is 2. The maximum absolute atomic E-state index is 14.2. The first-order valence-corrected chi connectivity index (χ1v) is 7.86. The zero-order valence-corrected chi connectivity index (χ0v) is 12.9. The van der Waals surface area contributed by atoms with E-state index in [0.29, 0.717) is 16.8 Å². The van der Waals surface area contributed by atoms with Crippen LogP contribution in [0.1, 0.15) is 24.4 Å². The van der Waals surface area contributed by atoms with Crippen LogP contribution in [0.4, 0.5) is 20.3 Å². The topological polar surface area (TPSA) is 55.0 Å². The number of nitrogens with zero attached hydrogens (tertiary/aromatic N) is 3. The molecule has 0 saturated carbocycles. The van der Waals surface area contributed by atoms with Crippen molar-refractivity contribution in [3.05, 3.63) is 59.8 Å². The molecule has 1 aliphatic heterocycles. The second-order valence-electron chi connectivity index (χ2n) is 5.99. The third kappa shape index (κ3) is 2.54. The number of pyridine rings is 2. The minimum atomic E-state index is -0.429. The fourth-order valence-corrected chi connectivity index (χ4v) is 3.31. The second-order valence-corrected chi connectivity index (χ2v) is 5.99. The lowest BCUT2D eigenvalue weighted by Crippen LogP contribution is -2.24. The van der Waals surface area contributed by atoms with Gasteiger partial charge in [0.2, 0.25) is 0 Å². The van der Waals surface area contributed by atoms with Gasteiger partial charge in [0.25, 0.3) is 0 Å². The Morgan fingerprint density at radius 2 is 1.96 bits per heavy atom. The summed E-state index contributed by atoms with van der Waals surface area (Å²) in [5.41, 5.74) is 8.14. The molecule has 1 aromatic carbocycles. The molecule has 2 aromatic heterocycles. The Morgan fingerprint density at radius 3 is 2.83 bits per heavy atom. The Balaban J connectivity index is 1.76. The molecule has 0 bridgehead atoms. The maximum atomic E-state index is 14.2. The lowest BCUT2D eigenvalue weighted by molar-refractivity contribution is 0.560. The van der Waals surface area contributed by atoms with E-state index < -0.39 is 5.82 Å². The first-order chi connectivity index (χ1) is 11.6. The Hall–Kier alpha value is -2.76. The molecule has 122 valence electrons. The summed E-state index contributed by atoms with van der Waals surface area (Å²) in [6.07, 6.45) is 3.25. The number of fused-ring (bicyclic) bond motifs is 1. The van der Waals surface area contributed by atoms with Crippen molar-refractivity contribution in [1.29, 1.82) is 0 Å². The third-order valence-corrected chi connectivity index (χ3v) is 4.41. The van der Waals surface area contributed by atoms with Gasteiger partial charge in [0, 0.05) is 12.1 Å². The Bertz CT molecular complexity index is 913. The lowest BCUT2D eigenvalue weighted by Gasteiger charge is -2.26. The molecule has 4 nitrogen and oxygen atoms in total. The summed E-state index contributed by atoms with van der Waals surface area (Å²) in [6.45, 7) is 0.745. The predicted octanol–water partition coefficient (Wildman–Crippen LogP) is 3.83. The summed E-state index contributed by atoms with van der Waals surface area (Å²) in [5, 5.41) is 0. The van der Waals surface area contributed by atoms with Gasteiger partial charge in [-0.2, -0.15) is 0 Å². The van der Waals surface area contributed by atoms with Crippen molar-refractivity contribution in [3.63, 3.8) is 0 Å². The molecular weight excluding hydrogens is 310 g/mol. The molecule has 3 aromatic rings. The van der Waals surface area contributed by atoms with Gasteiger partial charge in [-0.25, -0.2) is 13.8 Å². The lowest BCUT2D eigenvalue weighted by atomic mass is 10.0. The van der Waals surface area contributed by atoms with Crippen molar-refractivity contribution >= 4 is 22.5 Å². The molecule has 3 heterocycles. The molecule has 0 spiro atoms. The van der Waals surface area contributed by atoms with E-state index in [1.54, 1.807) is 12.3 Å². The monoisotopic (exact) mass is 326 g/mol. The molecule has 2 N–H and O–H groups in total. The zero-order valence-electron chi connectivity index (χ0n) is 12.9. The van der Waals surface area contributed by atoms with Crippen LogP contribution in [0.5, 0.6) is 0 Å². The van der Waals surface area contributed by atoms with Crippen molar-refractivity contribution < 1.29 is 8.78 Å². The molecule has 0 unspecified atom stereocenters. The van der Waals surface area contributed by atoms with Crippen LogP contribution >= 0.6 is 0 Å². The molecule has 1 atom stereocenters. The van der Waals surface area contributed by atoms with Crippen LogP contribution in [0.2, 0.25) is 0 Å². The molecule has 6 heteroatoms. The number of nitrogens with two attached hydrogens (primary N) is 1. The van der Waals surface area contributed by atoms with Crippen molar-refractivity contribution in [1.82, 2.24) is 9.97 Å². The number of nitrogen functional groups attached to an aromatic ring is 1. The quantitative estimate of drug-likeness (QED) is 0.777. The highest BCUT2D eigenvalue weighted by Crippen LogP contribution is 2.37. The maximum Gasteiger partial charge on any atom is 0.129 e. The average molecular weight is 326 g/mol. The Labute approximate surface area is 137 Å². The van der Waals surface area contributed by atoms with E-state index in [0.717, 1.165) is 36.8 Å². The van der Waals surface area contributed by atoms with Crippen LogP contribution in [0.25, 0.3) is 11.0 Å². The van der Waals surface area contributed by atoms with Gasteiger partial charge < -0.3 is 10.6 Å². The van der Waals surface area contributed by atoms with E-state index in [2.05, 4.69) is 9.97 Å². The summed E-state index contributed by atoms with van der Waals surface area (Å²) in [5.74, 6) is -0.0947. The molecule has 0 amide bonds. The molecule has 4 rings (SSSR count). The van der Waals surface area contributed by atoms with Crippen LogP contribution in [-0.2, 0) is 0 Å². The van der Waals surface area contributed by atoms with Crippen LogP contribution in [0.15, 0.2) is 42.6 Å². The number of rotatable bonds is 2. The molecule has 1 saturated heterocycles. The molecule has 1 fully saturated rings. The van der Waals surface area contributed by atoms with E-state index >= 15 is 0 Å². The SMILES string of the molecule is Nc1cnc2ccc(N3CCC[C@@H]3c3cc(F)ccc3F)nc2c1. The third-order valence-electron chi connectivity index (χ3n) is 4.41. The minimum Gasteiger partial charge on any atom is -0.397 e. The van der Waals surface area contributed by atoms with Gasteiger partial charge in [-0.05, 0) is 49.2 Å². The van der Waals surface area contributed by atoms with E-state index in [1.165, 1.54) is 12.1 Å². The number of hydrogen-bond donors (Lipinski definition) is 1. The number of hydrogen-bond acceptors (Lipinski definition) is 4. The van der Waals surface area contributed by atoms with E-state index in [9.17, 15) is 8.78 Å². The standard InChI is InChI=1S/C18H16F2N4/c19-11-3-4-14(20)13(8-11)17-2-1-7-24(17)18-6-5-15-16(23-18)9-12(21)10-22-15/h3-6,8-10,17H,1-2,7,21H2/t17-/m1/s1. The largest absolute Gasteiger partial charge is 0.397 e. The van der Waals surface area contributed by atoms with Gasteiger partial charge >= 0.3 is 0 Å². The summed E-state index contributed by atoms with van der Waals surface area (Å²) in [6, 6.07) is 8.87. The van der Waals surface area contributed by atoms with Crippen molar-refractivity contribution in [3.8, 4) is 0 Å². The van der Waals surface area contributed by atoms with Crippen molar-refractivity contribution in [2.45, 2.75) is 18.9 Å². The first-order valence-electron chi connectivity index (χ1n) is 7.86. The molecule has 0 radical (unpaired) electrons. The predicted molar refractivity (Wildman–Crippen MR) is 89.6 cm³/mol. The number of anilines is 2. The highest BCUT2D eigenvalue weighted by Gasteiger charge is 2.29. The zero-order chi connectivity index (χ0) is 16.7. The Morgan fingerprint density at radius 1 is 1.08 bits per heavy atom. The van der Waals surface area contributed by atoms with Gasteiger partial charge in [0.1, 0.15) is 17.5 Å². The van der Waals surface area contributed by atoms with Gasteiger partial charge in [-0.3, -0.25) is 4.98 Å². The highest BCUT2D eigenvalue weighted by atomic mass is 19.1. The van der Waals surface area contributed by atoms with Gasteiger partial charge in [0.05, 0.1) is 29.0 Å².